The van der Waals surface area contributed by atoms with Crippen molar-refractivity contribution in [1.82, 2.24) is 19.3 Å². The van der Waals surface area contributed by atoms with Gasteiger partial charge in [0.25, 0.3) is 10.0 Å². The van der Waals surface area contributed by atoms with E-state index in [1.54, 1.807) is 33.8 Å². The summed E-state index contributed by atoms with van der Waals surface area (Å²) in [7, 11) is -3.49. The van der Waals surface area contributed by atoms with E-state index in [-0.39, 0.29) is 0 Å². The molecule has 10 heteroatoms. The summed E-state index contributed by atoms with van der Waals surface area (Å²) >= 11 is 2.88. The van der Waals surface area contributed by atoms with Crippen LogP contribution in [0.25, 0.3) is 10.6 Å². The Hall–Kier alpha value is -1.59. The summed E-state index contributed by atoms with van der Waals surface area (Å²) in [5, 5.41) is 7.01. The Morgan fingerprint density at radius 2 is 2.07 bits per heavy atom. The molecule has 0 aliphatic carbocycles. The van der Waals surface area contributed by atoms with Crippen molar-refractivity contribution in [3.8, 4) is 10.6 Å². The van der Waals surface area contributed by atoms with Gasteiger partial charge in [-0.05, 0) is 32.0 Å². The lowest BCUT2D eigenvalue weighted by Crippen LogP contribution is -2.34. The summed E-state index contributed by atoms with van der Waals surface area (Å²) in [5.74, 6) is 0. The van der Waals surface area contributed by atoms with Gasteiger partial charge < -0.3 is 4.52 Å². The van der Waals surface area contributed by atoms with E-state index in [9.17, 15) is 8.42 Å². The van der Waals surface area contributed by atoms with Crippen molar-refractivity contribution in [2.24, 2.45) is 0 Å². The molecule has 0 atom stereocenters. The third-order valence-corrected chi connectivity index (χ3v) is 8.76. The van der Waals surface area contributed by atoms with E-state index in [0.29, 0.717) is 29.5 Å². The molecular weight excluding hydrogens is 404 g/mol. The lowest BCUT2D eigenvalue weighted by Gasteiger charge is -2.20. The predicted octanol–water partition coefficient (Wildman–Crippen LogP) is 3.06. The van der Waals surface area contributed by atoms with Gasteiger partial charge in [-0.25, -0.2) is 13.4 Å². The molecule has 1 aliphatic heterocycles. The number of nitrogens with zero attached hydrogens (tertiary/aromatic N) is 4. The van der Waals surface area contributed by atoms with Crippen LogP contribution in [0.3, 0.4) is 0 Å². The summed E-state index contributed by atoms with van der Waals surface area (Å²) < 4.78 is 32.9. The topological polar surface area (TPSA) is 79.5 Å². The Morgan fingerprint density at radius 1 is 1.19 bits per heavy atom. The minimum atomic E-state index is -3.49. The van der Waals surface area contributed by atoms with Gasteiger partial charge in [0.15, 0.2) is 0 Å². The lowest BCUT2D eigenvalue weighted by molar-refractivity contribution is 0.276. The molecule has 4 rings (SSSR count). The Bertz CT molecular complexity index is 994. The lowest BCUT2D eigenvalue weighted by atomic mass is 10.3. The van der Waals surface area contributed by atoms with Crippen LogP contribution in [0.2, 0.25) is 0 Å². The van der Waals surface area contributed by atoms with Gasteiger partial charge in [0.05, 0.1) is 15.6 Å². The fraction of sp³-hybridized carbons (Fsp3) is 0.412. The summed E-state index contributed by atoms with van der Waals surface area (Å²) in [5.41, 5.74) is 1.71. The average molecular weight is 425 g/mol. The molecule has 27 heavy (non-hydrogen) atoms. The van der Waals surface area contributed by atoms with Gasteiger partial charge >= 0.3 is 0 Å². The molecule has 7 nitrogen and oxygen atoms in total. The van der Waals surface area contributed by atoms with Gasteiger partial charge in [-0.15, -0.1) is 22.7 Å². The molecule has 4 heterocycles. The molecule has 3 aromatic heterocycles. The first-order valence-electron chi connectivity index (χ1n) is 8.66. The van der Waals surface area contributed by atoms with E-state index in [0.717, 1.165) is 35.1 Å². The van der Waals surface area contributed by atoms with Crippen LogP contribution >= 0.6 is 22.7 Å². The second-order valence-corrected chi connectivity index (χ2v) is 10.7. The van der Waals surface area contributed by atoms with Crippen LogP contribution in [0.1, 0.15) is 17.1 Å². The van der Waals surface area contributed by atoms with Crippen LogP contribution in [-0.4, -0.2) is 53.9 Å². The number of aryl methyl sites for hydroxylation is 1. The normalized spacial score (nSPS) is 17.2. The molecule has 0 N–H and O–H groups in total. The minimum absolute atomic E-state index is 0.351. The number of thiazole rings is 1. The number of hydrogen-bond acceptors (Lipinski definition) is 8. The maximum absolute atomic E-state index is 13.1. The van der Waals surface area contributed by atoms with Gasteiger partial charge in [0, 0.05) is 37.6 Å². The first kappa shape index (κ1) is 18.8. The fourth-order valence-electron chi connectivity index (χ4n) is 3.12. The Morgan fingerprint density at radius 3 is 2.81 bits per heavy atom. The van der Waals surface area contributed by atoms with Gasteiger partial charge in [-0.2, -0.15) is 4.31 Å². The van der Waals surface area contributed by atoms with Gasteiger partial charge in [-0.3, -0.25) is 4.90 Å². The van der Waals surface area contributed by atoms with Crippen molar-refractivity contribution in [2.75, 3.05) is 26.2 Å². The zero-order valence-electron chi connectivity index (χ0n) is 14.9. The summed E-state index contributed by atoms with van der Waals surface area (Å²) in [4.78, 5) is 7.58. The van der Waals surface area contributed by atoms with Crippen molar-refractivity contribution in [3.05, 3.63) is 40.5 Å². The number of hydrogen-bond donors (Lipinski definition) is 0. The standard InChI is InChI=1S/C17H20N4O3S3/c1-13-18-14(12-25-13)11-20-6-2-7-21(9-8-20)27(22,23)17-4-3-16(26-17)15-5-10-24-19-15/h3-5,10,12H,2,6-9,11H2,1H3. The van der Waals surface area contributed by atoms with Crippen LogP contribution < -0.4 is 0 Å². The second-order valence-electron chi connectivity index (χ2n) is 6.40. The molecule has 144 valence electrons. The second kappa shape index (κ2) is 7.80. The molecule has 0 amide bonds. The Balaban J connectivity index is 1.45. The highest BCUT2D eigenvalue weighted by Gasteiger charge is 2.28. The van der Waals surface area contributed by atoms with Crippen molar-refractivity contribution >= 4 is 32.7 Å². The van der Waals surface area contributed by atoms with Gasteiger partial charge in [-0.1, -0.05) is 5.16 Å². The molecule has 1 fully saturated rings. The largest absolute Gasteiger partial charge is 0.364 e. The van der Waals surface area contributed by atoms with Crippen LogP contribution in [0, 0.1) is 6.92 Å². The highest BCUT2D eigenvalue weighted by molar-refractivity contribution is 7.91. The van der Waals surface area contributed by atoms with E-state index in [1.165, 1.54) is 17.6 Å². The van der Waals surface area contributed by atoms with Gasteiger partial charge in [0.1, 0.15) is 16.2 Å². The van der Waals surface area contributed by atoms with Crippen LogP contribution in [0.5, 0.6) is 0 Å². The molecule has 1 saturated heterocycles. The first-order chi connectivity index (χ1) is 13.0. The highest BCUT2D eigenvalue weighted by atomic mass is 32.2. The third kappa shape index (κ3) is 4.14. The molecule has 0 spiro atoms. The quantitative estimate of drug-likeness (QED) is 0.626. The maximum Gasteiger partial charge on any atom is 0.252 e. The van der Waals surface area contributed by atoms with E-state index in [1.807, 2.05) is 6.92 Å². The third-order valence-electron chi connectivity index (χ3n) is 4.47. The molecule has 0 unspecified atom stereocenters. The monoisotopic (exact) mass is 424 g/mol. The number of thiophene rings is 1. The van der Waals surface area contributed by atoms with Crippen molar-refractivity contribution in [1.29, 1.82) is 0 Å². The SMILES string of the molecule is Cc1nc(CN2CCCN(S(=O)(=O)c3ccc(-c4ccon4)s3)CC2)cs1. The molecule has 1 aliphatic rings. The fourth-order valence-corrected chi connectivity index (χ4v) is 6.61. The van der Waals surface area contributed by atoms with Gasteiger partial charge in [0.2, 0.25) is 0 Å². The smallest absolute Gasteiger partial charge is 0.252 e. The molecule has 3 aromatic rings. The van der Waals surface area contributed by atoms with E-state index < -0.39 is 10.0 Å². The predicted molar refractivity (Wildman–Crippen MR) is 105 cm³/mol. The van der Waals surface area contributed by atoms with Crippen molar-refractivity contribution in [2.45, 2.75) is 24.1 Å². The average Bonchev–Trinajstić information content (AvgIpc) is 3.36. The van der Waals surface area contributed by atoms with Crippen LogP contribution in [0.15, 0.2) is 38.6 Å². The summed E-state index contributed by atoms with van der Waals surface area (Å²) in [6, 6.07) is 5.17. The zero-order valence-corrected chi connectivity index (χ0v) is 17.3. The number of sulfonamides is 1. The van der Waals surface area contributed by atoms with Crippen molar-refractivity contribution in [3.63, 3.8) is 0 Å². The Kier molecular flexibility index (Phi) is 5.42. The molecule has 0 aromatic carbocycles. The molecular formula is C17H20N4O3S3. The van der Waals surface area contributed by atoms with E-state index in [2.05, 4.69) is 20.4 Å². The van der Waals surface area contributed by atoms with Crippen LogP contribution in [0.4, 0.5) is 0 Å². The Labute approximate surface area is 166 Å². The molecule has 0 saturated carbocycles. The van der Waals surface area contributed by atoms with Crippen LogP contribution in [-0.2, 0) is 16.6 Å². The maximum atomic E-state index is 13.1. The highest BCUT2D eigenvalue weighted by Crippen LogP contribution is 2.31. The molecule has 0 radical (unpaired) electrons. The zero-order chi connectivity index (χ0) is 18.9. The summed E-state index contributed by atoms with van der Waals surface area (Å²) in [6.07, 6.45) is 2.29. The number of aromatic nitrogens is 2. The summed E-state index contributed by atoms with van der Waals surface area (Å²) in [6.45, 7) is 5.37. The molecule has 0 bridgehead atoms. The van der Waals surface area contributed by atoms with Crippen molar-refractivity contribution < 1.29 is 12.9 Å². The first-order valence-corrected chi connectivity index (χ1v) is 11.8. The number of rotatable bonds is 5. The van der Waals surface area contributed by atoms with E-state index in [4.69, 9.17) is 4.52 Å². The minimum Gasteiger partial charge on any atom is -0.364 e. The van der Waals surface area contributed by atoms with E-state index >= 15 is 0 Å².